The van der Waals surface area contributed by atoms with E-state index in [2.05, 4.69) is 22.4 Å². The zero-order chi connectivity index (χ0) is 15.2. The van der Waals surface area contributed by atoms with Gasteiger partial charge in [0, 0.05) is 19.1 Å². The number of aromatic nitrogens is 3. The minimum Gasteiger partial charge on any atom is -0.353 e. The van der Waals surface area contributed by atoms with Gasteiger partial charge in [-0.15, -0.1) is 10.2 Å². The normalized spacial score (nSPS) is 22.2. The average Bonchev–Trinajstić information content (AvgIpc) is 2.81. The van der Waals surface area contributed by atoms with E-state index in [1.165, 1.54) is 24.6 Å². The molecular weight excluding hydrogens is 286 g/mol. The molecule has 0 radical (unpaired) electrons. The molecule has 1 aromatic rings. The summed E-state index contributed by atoms with van der Waals surface area (Å²) in [6, 6.07) is 0.345. The van der Waals surface area contributed by atoms with Gasteiger partial charge in [-0.1, -0.05) is 18.7 Å². The number of hydrogen-bond acceptors (Lipinski definition) is 5. The first kappa shape index (κ1) is 16.3. The number of carbonyl (C=O) groups excluding carboxylic acids is 1. The summed E-state index contributed by atoms with van der Waals surface area (Å²) < 4.78 is 1.96. The first-order valence-corrected chi connectivity index (χ1v) is 8.60. The fourth-order valence-electron chi connectivity index (χ4n) is 2.66. The molecule has 2 rings (SSSR count). The maximum absolute atomic E-state index is 12.0. The molecule has 1 fully saturated rings. The molecule has 0 aromatic carbocycles. The van der Waals surface area contributed by atoms with E-state index in [1.54, 1.807) is 0 Å². The van der Waals surface area contributed by atoms with Crippen LogP contribution in [0.1, 0.15) is 38.4 Å². The standard InChI is InChI=1S/C14H25N5OS/c1-10-3-5-12(6-4-10)16-13(20)9-21-14-18-17-11(2)19(14)8-7-15/h10,12H,3-9,15H2,1-2H3,(H,16,20). The molecule has 7 heteroatoms. The molecule has 6 nitrogen and oxygen atoms in total. The number of rotatable bonds is 6. The van der Waals surface area contributed by atoms with Crippen LogP contribution in [0.15, 0.2) is 5.16 Å². The van der Waals surface area contributed by atoms with E-state index in [4.69, 9.17) is 5.73 Å². The van der Waals surface area contributed by atoms with Crippen molar-refractivity contribution < 1.29 is 4.79 Å². The van der Waals surface area contributed by atoms with Gasteiger partial charge in [-0.25, -0.2) is 0 Å². The second-order valence-electron chi connectivity index (χ2n) is 5.78. The number of nitrogens with two attached hydrogens (primary N) is 1. The molecule has 0 spiro atoms. The second kappa shape index (κ2) is 7.79. The number of hydrogen-bond donors (Lipinski definition) is 2. The third-order valence-electron chi connectivity index (χ3n) is 3.97. The SMILES string of the molecule is Cc1nnc(SCC(=O)NC2CCC(C)CC2)n1CCN. The van der Waals surface area contributed by atoms with Crippen molar-refractivity contribution in [1.29, 1.82) is 0 Å². The number of thioether (sulfide) groups is 1. The Balaban J connectivity index is 1.78. The molecule has 0 saturated heterocycles. The quantitative estimate of drug-likeness (QED) is 0.774. The third kappa shape index (κ3) is 4.71. The third-order valence-corrected chi connectivity index (χ3v) is 4.93. The maximum atomic E-state index is 12.0. The Morgan fingerprint density at radius 3 is 2.76 bits per heavy atom. The van der Waals surface area contributed by atoms with Crippen LogP contribution < -0.4 is 11.1 Å². The Morgan fingerprint density at radius 2 is 2.10 bits per heavy atom. The fraction of sp³-hybridized carbons (Fsp3) is 0.786. The molecule has 21 heavy (non-hydrogen) atoms. The van der Waals surface area contributed by atoms with E-state index in [0.717, 1.165) is 29.7 Å². The predicted molar refractivity (Wildman–Crippen MR) is 84.1 cm³/mol. The number of nitrogens with zero attached hydrogens (tertiary/aromatic N) is 3. The summed E-state index contributed by atoms with van der Waals surface area (Å²) in [6.45, 7) is 5.40. The highest BCUT2D eigenvalue weighted by Gasteiger charge is 2.20. The van der Waals surface area contributed by atoms with Gasteiger partial charge in [0.25, 0.3) is 0 Å². The van der Waals surface area contributed by atoms with Crippen molar-refractivity contribution in [2.24, 2.45) is 11.7 Å². The zero-order valence-corrected chi connectivity index (χ0v) is 13.7. The van der Waals surface area contributed by atoms with Gasteiger partial charge in [0.1, 0.15) is 5.82 Å². The highest BCUT2D eigenvalue weighted by atomic mass is 32.2. The highest BCUT2D eigenvalue weighted by molar-refractivity contribution is 7.99. The number of aryl methyl sites for hydroxylation is 1. The molecule has 1 saturated carbocycles. The molecule has 3 N–H and O–H groups in total. The van der Waals surface area contributed by atoms with Crippen molar-refractivity contribution in [2.45, 2.75) is 57.3 Å². The molecule has 0 aliphatic heterocycles. The topological polar surface area (TPSA) is 85.8 Å². The van der Waals surface area contributed by atoms with Gasteiger partial charge in [0.15, 0.2) is 5.16 Å². The summed E-state index contributed by atoms with van der Waals surface area (Å²) in [6.07, 6.45) is 4.62. The molecule has 1 aliphatic carbocycles. The van der Waals surface area contributed by atoms with E-state index in [9.17, 15) is 4.79 Å². The Morgan fingerprint density at radius 1 is 1.38 bits per heavy atom. The van der Waals surface area contributed by atoms with Crippen LogP contribution in [0.4, 0.5) is 0 Å². The molecule has 0 atom stereocenters. The zero-order valence-electron chi connectivity index (χ0n) is 12.8. The van der Waals surface area contributed by atoms with Crippen molar-refractivity contribution in [2.75, 3.05) is 12.3 Å². The summed E-state index contributed by atoms with van der Waals surface area (Å²) in [4.78, 5) is 12.0. The fourth-order valence-corrected chi connectivity index (χ4v) is 3.48. The van der Waals surface area contributed by atoms with Crippen LogP contribution in [0.2, 0.25) is 0 Å². The summed E-state index contributed by atoms with van der Waals surface area (Å²) in [5.41, 5.74) is 5.58. The van der Waals surface area contributed by atoms with Crippen LogP contribution in [0.3, 0.4) is 0 Å². The lowest BCUT2D eigenvalue weighted by atomic mass is 9.87. The Kier molecular flexibility index (Phi) is 6.05. The number of nitrogens with one attached hydrogen (secondary N) is 1. The lowest BCUT2D eigenvalue weighted by Crippen LogP contribution is -2.38. The van der Waals surface area contributed by atoms with Gasteiger partial charge < -0.3 is 15.6 Å². The van der Waals surface area contributed by atoms with Crippen molar-refractivity contribution in [1.82, 2.24) is 20.1 Å². The van der Waals surface area contributed by atoms with E-state index in [1.807, 2.05) is 11.5 Å². The Hall–Kier alpha value is -1.08. The van der Waals surface area contributed by atoms with E-state index in [-0.39, 0.29) is 5.91 Å². The van der Waals surface area contributed by atoms with Gasteiger partial charge in [0.2, 0.25) is 5.91 Å². The van der Waals surface area contributed by atoms with Crippen molar-refractivity contribution in [3.63, 3.8) is 0 Å². The van der Waals surface area contributed by atoms with Gasteiger partial charge in [-0.2, -0.15) is 0 Å². The smallest absolute Gasteiger partial charge is 0.230 e. The van der Waals surface area contributed by atoms with E-state index >= 15 is 0 Å². The van der Waals surface area contributed by atoms with Crippen molar-refractivity contribution in [3.05, 3.63) is 5.82 Å². The first-order chi connectivity index (χ1) is 10.1. The van der Waals surface area contributed by atoms with Crippen LogP contribution in [-0.4, -0.2) is 39.0 Å². The van der Waals surface area contributed by atoms with Crippen LogP contribution in [-0.2, 0) is 11.3 Å². The molecule has 1 aliphatic rings. The molecule has 1 aromatic heterocycles. The highest BCUT2D eigenvalue weighted by Crippen LogP contribution is 2.23. The van der Waals surface area contributed by atoms with Gasteiger partial charge >= 0.3 is 0 Å². The predicted octanol–water partition coefficient (Wildman–Crippen LogP) is 1.33. The average molecular weight is 311 g/mol. The van der Waals surface area contributed by atoms with E-state index < -0.39 is 0 Å². The second-order valence-corrected chi connectivity index (χ2v) is 6.73. The first-order valence-electron chi connectivity index (χ1n) is 7.62. The maximum Gasteiger partial charge on any atom is 0.230 e. The lowest BCUT2D eigenvalue weighted by molar-refractivity contribution is -0.119. The van der Waals surface area contributed by atoms with Crippen molar-refractivity contribution >= 4 is 17.7 Å². The van der Waals surface area contributed by atoms with Crippen molar-refractivity contribution in [3.8, 4) is 0 Å². The van der Waals surface area contributed by atoms with Crippen LogP contribution >= 0.6 is 11.8 Å². The molecule has 0 unspecified atom stereocenters. The summed E-state index contributed by atoms with van der Waals surface area (Å²) in [5.74, 6) is 2.10. The van der Waals surface area contributed by atoms with Gasteiger partial charge in [-0.05, 0) is 38.5 Å². The van der Waals surface area contributed by atoms with E-state index in [0.29, 0.717) is 24.9 Å². The molecule has 1 heterocycles. The van der Waals surface area contributed by atoms with Crippen LogP contribution in [0.5, 0.6) is 0 Å². The molecular formula is C14H25N5OS. The lowest BCUT2D eigenvalue weighted by Gasteiger charge is -2.26. The number of amides is 1. The largest absolute Gasteiger partial charge is 0.353 e. The summed E-state index contributed by atoms with van der Waals surface area (Å²) >= 11 is 1.43. The van der Waals surface area contributed by atoms with Crippen LogP contribution in [0, 0.1) is 12.8 Å². The minimum absolute atomic E-state index is 0.0829. The molecule has 118 valence electrons. The summed E-state index contributed by atoms with van der Waals surface area (Å²) in [5, 5.41) is 12.0. The number of carbonyl (C=O) groups is 1. The molecule has 0 bridgehead atoms. The Labute approximate surface area is 130 Å². The molecule has 1 amide bonds. The monoisotopic (exact) mass is 311 g/mol. The summed E-state index contributed by atoms with van der Waals surface area (Å²) in [7, 11) is 0. The van der Waals surface area contributed by atoms with Gasteiger partial charge in [0.05, 0.1) is 5.75 Å². The minimum atomic E-state index is 0.0829. The van der Waals surface area contributed by atoms with Gasteiger partial charge in [-0.3, -0.25) is 4.79 Å². The van der Waals surface area contributed by atoms with Crippen LogP contribution in [0.25, 0.3) is 0 Å². The Bertz CT molecular complexity index is 468.